The lowest BCUT2D eigenvalue weighted by Crippen LogP contribution is -2.37. The number of amides is 1. The van der Waals surface area contributed by atoms with E-state index in [1.54, 1.807) is 12.3 Å². The quantitative estimate of drug-likeness (QED) is 0.621. The summed E-state index contributed by atoms with van der Waals surface area (Å²) in [5, 5.41) is 0.584. The summed E-state index contributed by atoms with van der Waals surface area (Å²) in [7, 11) is 0. The van der Waals surface area contributed by atoms with Crippen molar-refractivity contribution in [2.45, 2.75) is 11.4 Å². The highest BCUT2D eigenvalue weighted by molar-refractivity contribution is 7.89. The Kier molecular flexibility index (Phi) is 4.57. The molecule has 25 heavy (non-hydrogen) atoms. The molecule has 1 amide bonds. The Morgan fingerprint density at radius 3 is 2.32 bits per heavy atom. The molecule has 0 aliphatic carbocycles. The van der Waals surface area contributed by atoms with E-state index in [4.69, 9.17) is 0 Å². The van der Waals surface area contributed by atoms with Crippen molar-refractivity contribution >= 4 is 17.3 Å². The van der Waals surface area contributed by atoms with Crippen LogP contribution in [0.4, 0.5) is 0 Å². The normalized spacial score (nSPS) is 18.5. The number of hydrogen-bond donors (Lipinski definition) is 0. The Morgan fingerprint density at radius 1 is 1.00 bits per heavy atom. The lowest BCUT2D eigenvalue weighted by Gasteiger charge is -2.23. The molecule has 6 heteroatoms. The summed E-state index contributed by atoms with van der Waals surface area (Å²) in [4.78, 5) is 18.6. The van der Waals surface area contributed by atoms with Crippen LogP contribution in [0, 0.1) is 0 Å². The second-order valence-electron chi connectivity index (χ2n) is 6.33. The van der Waals surface area contributed by atoms with Gasteiger partial charge in [0.2, 0.25) is 5.91 Å². The summed E-state index contributed by atoms with van der Waals surface area (Å²) in [6, 6.07) is 15.3. The summed E-state index contributed by atoms with van der Waals surface area (Å²) in [5.74, 6) is 0.151. The van der Waals surface area contributed by atoms with E-state index in [0.29, 0.717) is 37.6 Å². The van der Waals surface area contributed by atoms with Gasteiger partial charge in [0.05, 0.1) is 19.5 Å². The minimum atomic E-state index is -1.24. The molecular weight excluding hydrogens is 334 g/mol. The average Bonchev–Trinajstić information content (AvgIpc) is 3.22. The van der Waals surface area contributed by atoms with Crippen molar-refractivity contribution in [2.75, 3.05) is 26.2 Å². The number of hydrogen-bond acceptors (Lipinski definition) is 4. The van der Waals surface area contributed by atoms with Crippen LogP contribution in [0.1, 0.15) is 5.56 Å². The highest BCUT2D eigenvalue weighted by Crippen LogP contribution is 2.29. The van der Waals surface area contributed by atoms with E-state index >= 15 is 0 Å². The van der Waals surface area contributed by atoms with E-state index in [0.717, 1.165) is 5.56 Å². The van der Waals surface area contributed by atoms with Gasteiger partial charge < -0.3 is 9.45 Å². The molecule has 1 atom stereocenters. The van der Waals surface area contributed by atoms with E-state index in [1.165, 1.54) is 11.1 Å². The molecule has 2 aliphatic rings. The summed E-state index contributed by atoms with van der Waals surface area (Å²) in [6.45, 7) is 2.59. The van der Waals surface area contributed by atoms with Gasteiger partial charge in [0.25, 0.3) is 5.03 Å². The minimum Gasteiger partial charge on any atom is -0.591 e. The molecule has 1 aromatic carbocycles. The number of carbonyl (C=O) groups excluding carboxylic acids is 1. The molecule has 0 saturated carbocycles. The Morgan fingerprint density at radius 2 is 1.68 bits per heavy atom. The van der Waals surface area contributed by atoms with Gasteiger partial charge >= 0.3 is 0 Å². The molecule has 0 radical (unpaired) electrons. The average molecular weight is 353 g/mol. The summed E-state index contributed by atoms with van der Waals surface area (Å²) in [6.07, 6.45) is 2.10. The molecule has 1 unspecified atom stereocenters. The van der Waals surface area contributed by atoms with Gasteiger partial charge in [-0.05, 0) is 22.8 Å². The van der Waals surface area contributed by atoms with Crippen molar-refractivity contribution in [3.8, 4) is 0 Å². The van der Waals surface area contributed by atoms with Crippen LogP contribution in [0.5, 0.6) is 0 Å². The number of carbonyl (C=O) groups is 1. The number of benzene rings is 1. The second-order valence-corrected chi connectivity index (χ2v) is 7.77. The maximum atomic E-state index is 12.6. The SMILES string of the molecule is O=C(Cc1ccccc1)N1CC2=C(C1)CN([S+]([O-])c1ccccn1)C2. The largest absolute Gasteiger partial charge is 0.591 e. The third-order valence-corrected chi connectivity index (χ3v) is 5.93. The van der Waals surface area contributed by atoms with Crippen LogP contribution < -0.4 is 0 Å². The fraction of sp³-hybridized carbons (Fsp3) is 0.263. The highest BCUT2D eigenvalue weighted by atomic mass is 32.2. The van der Waals surface area contributed by atoms with Gasteiger partial charge in [0, 0.05) is 25.4 Å². The van der Waals surface area contributed by atoms with Crippen LogP contribution in [0.25, 0.3) is 0 Å². The van der Waals surface area contributed by atoms with Crippen molar-refractivity contribution < 1.29 is 9.35 Å². The molecule has 0 fully saturated rings. The topological polar surface area (TPSA) is 59.5 Å². The zero-order chi connectivity index (χ0) is 17.2. The number of rotatable bonds is 4. The summed E-state index contributed by atoms with van der Waals surface area (Å²) in [5.41, 5.74) is 3.49. The Bertz CT molecular complexity index is 777. The Hall–Kier alpha value is -2.15. The van der Waals surface area contributed by atoms with Gasteiger partial charge in [-0.15, -0.1) is 4.31 Å². The molecular formula is C19H19N3O2S. The predicted molar refractivity (Wildman–Crippen MR) is 96.0 cm³/mol. The maximum Gasteiger partial charge on any atom is 0.265 e. The van der Waals surface area contributed by atoms with Crippen molar-refractivity contribution in [2.24, 2.45) is 0 Å². The van der Waals surface area contributed by atoms with E-state index in [1.807, 2.05) is 51.7 Å². The zero-order valence-corrected chi connectivity index (χ0v) is 14.6. The molecule has 5 nitrogen and oxygen atoms in total. The fourth-order valence-corrected chi connectivity index (χ4v) is 4.46. The van der Waals surface area contributed by atoms with Crippen LogP contribution in [-0.2, 0) is 22.6 Å². The van der Waals surface area contributed by atoms with E-state index < -0.39 is 11.4 Å². The van der Waals surface area contributed by atoms with Crippen LogP contribution in [-0.4, -0.2) is 50.8 Å². The predicted octanol–water partition coefficient (Wildman–Crippen LogP) is 1.80. The fourth-order valence-electron chi connectivity index (χ4n) is 3.30. The molecule has 2 aromatic rings. The van der Waals surface area contributed by atoms with E-state index in [9.17, 15) is 9.35 Å². The molecule has 4 rings (SSSR count). The van der Waals surface area contributed by atoms with E-state index in [2.05, 4.69) is 4.98 Å². The van der Waals surface area contributed by atoms with Crippen molar-refractivity contribution in [1.82, 2.24) is 14.2 Å². The monoisotopic (exact) mass is 353 g/mol. The molecule has 0 N–H and O–H groups in total. The molecule has 1 aromatic heterocycles. The van der Waals surface area contributed by atoms with E-state index in [-0.39, 0.29) is 5.91 Å². The first-order chi connectivity index (χ1) is 12.2. The standard InChI is InChI=1S/C19H19N3O2S/c23-19(10-15-6-2-1-3-7-15)21-11-16-13-22(14-17(16)12-21)25(24)18-8-4-5-9-20-18/h1-9H,10-14H2. The Balaban J connectivity index is 1.34. The molecule has 0 bridgehead atoms. The van der Waals surface area contributed by atoms with Gasteiger partial charge in [-0.3, -0.25) is 4.79 Å². The molecule has 0 saturated heterocycles. The summed E-state index contributed by atoms with van der Waals surface area (Å²) < 4.78 is 14.5. The van der Waals surface area contributed by atoms with Crippen molar-refractivity contribution in [3.63, 3.8) is 0 Å². The first-order valence-electron chi connectivity index (χ1n) is 8.30. The Labute approximate surface area is 150 Å². The van der Waals surface area contributed by atoms with Gasteiger partial charge in [-0.25, -0.2) is 4.98 Å². The van der Waals surface area contributed by atoms with Gasteiger partial charge in [-0.1, -0.05) is 36.4 Å². The van der Waals surface area contributed by atoms with Crippen molar-refractivity contribution in [3.05, 3.63) is 71.4 Å². The minimum absolute atomic E-state index is 0.151. The number of nitrogens with zero attached hydrogens (tertiary/aromatic N) is 3. The smallest absolute Gasteiger partial charge is 0.265 e. The van der Waals surface area contributed by atoms with Gasteiger partial charge in [-0.2, -0.15) is 0 Å². The molecule has 0 spiro atoms. The number of pyridine rings is 1. The van der Waals surface area contributed by atoms with Crippen LogP contribution in [0.15, 0.2) is 70.9 Å². The lowest BCUT2D eigenvalue weighted by atomic mass is 10.1. The lowest BCUT2D eigenvalue weighted by molar-refractivity contribution is -0.129. The van der Waals surface area contributed by atoms with Gasteiger partial charge in [0.1, 0.15) is 11.4 Å². The molecule has 2 aliphatic heterocycles. The summed E-state index contributed by atoms with van der Waals surface area (Å²) >= 11 is -1.24. The maximum absolute atomic E-state index is 12.6. The highest BCUT2D eigenvalue weighted by Gasteiger charge is 2.37. The van der Waals surface area contributed by atoms with Gasteiger partial charge in [0.15, 0.2) is 0 Å². The molecule has 128 valence electrons. The van der Waals surface area contributed by atoms with Crippen molar-refractivity contribution in [1.29, 1.82) is 0 Å². The number of aromatic nitrogens is 1. The van der Waals surface area contributed by atoms with Crippen LogP contribution in [0.2, 0.25) is 0 Å². The van der Waals surface area contributed by atoms with Crippen LogP contribution >= 0.6 is 0 Å². The zero-order valence-electron chi connectivity index (χ0n) is 13.8. The third kappa shape index (κ3) is 3.46. The van der Waals surface area contributed by atoms with Crippen LogP contribution in [0.3, 0.4) is 0 Å². The molecule has 3 heterocycles. The first kappa shape index (κ1) is 16.3. The first-order valence-corrected chi connectivity index (χ1v) is 9.41. The third-order valence-electron chi connectivity index (χ3n) is 4.60. The second kappa shape index (κ2) is 7.00.